The van der Waals surface area contributed by atoms with Gasteiger partial charge in [0.1, 0.15) is 0 Å². The van der Waals surface area contributed by atoms with E-state index in [1.807, 2.05) is 0 Å². The Kier molecular flexibility index (Phi) is 2.14. The lowest BCUT2D eigenvalue weighted by Crippen LogP contribution is -2.03. The van der Waals surface area contributed by atoms with Gasteiger partial charge in [-0.05, 0) is 11.8 Å². The van der Waals surface area contributed by atoms with E-state index in [0.717, 1.165) is 11.8 Å². The maximum Gasteiger partial charge on any atom is 0.0110 e. The molecule has 0 bridgehead atoms. The summed E-state index contributed by atoms with van der Waals surface area (Å²) in [5, 5.41) is 0. The fraction of sp³-hybridized carbons (Fsp3) is 1.00. The third-order valence-corrected chi connectivity index (χ3v) is 3.06. The molecule has 3 unspecified atom stereocenters. The van der Waals surface area contributed by atoms with Crippen LogP contribution < -0.4 is 5.73 Å². The molecule has 1 aliphatic rings. The van der Waals surface area contributed by atoms with Gasteiger partial charge in [-0.15, -0.1) is 0 Å². The normalized spacial score (nSPS) is 44.6. The molecule has 0 aliphatic heterocycles. The van der Waals surface area contributed by atoms with Gasteiger partial charge in [-0.25, -0.2) is 0 Å². The Labute approximate surface area is 64.2 Å². The molecular weight excluding hydrogens is 213 g/mol. The monoisotopic (exact) mass is 225 g/mol. The van der Waals surface area contributed by atoms with Gasteiger partial charge in [0, 0.05) is 10.5 Å². The van der Waals surface area contributed by atoms with Gasteiger partial charge >= 0.3 is 0 Å². The molecule has 8 heavy (non-hydrogen) atoms. The summed E-state index contributed by atoms with van der Waals surface area (Å²) in [4.78, 5) is 0. The standard InChI is InChI=1S/C6H12IN/c1-2-4-5(3-7)6(4)8/h4-6H,2-3,8H2,1H3. The number of rotatable bonds is 2. The van der Waals surface area contributed by atoms with Crippen LogP contribution in [0.15, 0.2) is 0 Å². The van der Waals surface area contributed by atoms with Crippen LogP contribution in [-0.2, 0) is 0 Å². The number of nitrogens with two attached hydrogens (primary N) is 1. The summed E-state index contributed by atoms with van der Waals surface area (Å²) in [6.45, 7) is 2.22. The molecule has 1 aliphatic carbocycles. The lowest BCUT2D eigenvalue weighted by atomic mass is 10.3. The summed E-state index contributed by atoms with van der Waals surface area (Å²) in [7, 11) is 0. The third-order valence-electron chi connectivity index (χ3n) is 2.05. The fourth-order valence-corrected chi connectivity index (χ4v) is 2.51. The van der Waals surface area contributed by atoms with Crippen molar-refractivity contribution in [3.8, 4) is 0 Å². The van der Waals surface area contributed by atoms with Crippen LogP contribution in [0.1, 0.15) is 13.3 Å². The molecule has 1 fully saturated rings. The van der Waals surface area contributed by atoms with E-state index in [0.29, 0.717) is 6.04 Å². The first-order valence-corrected chi connectivity index (χ1v) is 4.65. The van der Waals surface area contributed by atoms with Gasteiger partial charge in [0.25, 0.3) is 0 Å². The molecule has 1 saturated carbocycles. The Morgan fingerprint density at radius 3 is 2.25 bits per heavy atom. The Morgan fingerprint density at radius 2 is 2.12 bits per heavy atom. The van der Waals surface area contributed by atoms with Gasteiger partial charge < -0.3 is 5.73 Å². The van der Waals surface area contributed by atoms with E-state index in [-0.39, 0.29) is 0 Å². The maximum absolute atomic E-state index is 5.73. The lowest BCUT2D eigenvalue weighted by Gasteiger charge is -1.83. The average molecular weight is 225 g/mol. The van der Waals surface area contributed by atoms with Crippen LogP contribution in [0.4, 0.5) is 0 Å². The van der Waals surface area contributed by atoms with Crippen molar-refractivity contribution >= 4 is 22.6 Å². The Balaban J connectivity index is 2.23. The van der Waals surface area contributed by atoms with Crippen LogP contribution >= 0.6 is 22.6 Å². The molecule has 1 rings (SSSR count). The molecule has 0 aromatic carbocycles. The van der Waals surface area contributed by atoms with Crippen molar-refractivity contribution in [1.82, 2.24) is 0 Å². The van der Waals surface area contributed by atoms with Gasteiger partial charge in [0.05, 0.1) is 0 Å². The number of hydrogen-bond acceptors (Lipinski definition) is 1. The zero-order valence-electron chi connectivity index (χ0n) is 5.10. The Morgan fingerprint density at radius 1 is 1.50 bits per heavy atom. The molecule has 0 saturated heterocycles. The fourth-order valence-electron chi connectivity index (χ4n) is 1.27. The maximum atomic E-state index is 5.73. The molecule has 0 spiro atoms. The second kappa shape index (κ2) is 2.52. The van der Waals surface area contributed by atoms with E-state index in [1.54, 1.807) is 0 Å². The second-order valence-corrected chi connectivity index (χ2v) is 3.35. The number of hydrogen-bond donors (Lipinski definition) is 1. The Bertz CT molecular complexity index is 74.6. The van der Waals surface area contributed by atoms with E-state index in [1.165, 1.54) is 10.8 Å². The van der Waals surface area contributed by atoms with Crippen LogP contribution in [-0.4, -0.2) is 10.5 Å². The van der Waals surface area contributed by atoms with E-state index in [4.69, 9.17) is 5.73 Å². The van der Waals surface area contributed by atoms with Crippen LogP contribution in [0.5, 0.6) is 0 Å². The summed E-state index contributed by atoms with van der Waals surface area (Å²) in [5.74, 6) is 1.70. The largest absolute Gasteiger partial charge is 0.327 e. The quantitative estimate of drug-likeness (QED) is 0.558. The smallest absolute Gasteiger partial charge is 0.0110 e. The first-order chi connectivity index (χ1) is 3.81. The molecule has 0 aromatic rings. The molecule has 0 aromatic heterocycles. The molecule has 1 nitrogen and oxygen atoms in total. The molecule has 2 N–H and O–H groups in total. The highest BCUT2D eigenvalue weighted by molar-refractivity contribution is 14.1. The summed E-state index contributed by atoms with van der Waals surface area (Å²) >= 11 is 2.41. The first-order valence-electron chi connectivity index (χ1n) is 3.12. The van der Waals surface area contributed by atoms with Crippen molar-refractivity contribution in [1.29, 1.82) is 0 Å². The van der Waals surface area contributed by atoms with Gasteiger partial charge in [0.2, 0.25) is 0 Å². The second-order valence-electron chi connectivity index (χ2n) is 2.47. The molecule has 0 radical (unpaired) electrons. The highest BCUT2D eigenvalue weighted by atomic mass is 127. The predicted octanol–water partition coefficient (Wildman–Crippen LogP) is 1.40. The van der Waals surface area contributed by atoms with E-state index in [9.17, 15) is 0 Å². The highest BCUT2D eigenvalue weighted by Gasteiger charge is 2.44. The molecule has 2 heteroatoms. The van der Waals surface area contributed by atoms with Gasteiger partial charge in [-0.3, -0.25) is 0 Å². The first kappa shape index (κ1) is 6.81. The van der Waals surface area contributed by atoms with Crippen molar-refractivity contribution in [3.05, 3.63) is 0 Å². The van der Waals surface area contributed by atoms with Crippen LogP contribution in [0.2, 0.25) is 0 Å². The third kappa shape index (κ3) is 1.00. The summed E-state index contributed by atoms with van der Waals surface area (Å²) < 4.78 is 1.25. The van der Waals surface area contributed by atoms with Crippen LogP contribution in [0, 0.1) is 11.8 Å². The highest BCUT2D eigenvalue weighted by Crippen LogP contribution is 2.40. The number of alkyl halides is 1. The molecule has 0 amide bonds. The van der Waals surface area contributed by atoms with E-state index >= 15 is 0 Å². The van der Waals surface area contributed by atoms with Crippen molar-refractivity contribution in [3.63, 3.8) is 0 Å². The summed E-state index contributed by atoms with van der Waals surface area (Å²) in [6, 6.07) is 0.539. The topological polar surface area (TPSA) is 26.0 Å². The number of halogens is 1. The zero-order chi connectivity index (χ0) is 6.15. The van der Waals surface area contributed by atoms with Crippen molar-refractivity contribution in [2.75, 3.05) is 4.43 Å². The summed E-state index contributed by atoms with van der Waals surface area (Å²) in [5.41, 5.74) is 5.73. The minimum atomic E-state index is 0.539. The van der Waals surface area contributed by atoms with Crippen molar-refractivity contribution < 1.29 is 0 Å². The van der Waals surface area contributed by atoms with E-state index < -0.39 is 0 Å². The van der Waals surface area contributed by atoms with Crippen molar-refractivity contribution in [2.24, 2.45) is 17.6 Å². The molecule has 48 valence electrons. The minimum absolute atomic E-state index is 0.539. The summed E-state index contributed by atoms with van der Waals surface area (Å²) in [6.07, 6.45) is 1.27. The minimum Gasteiger partial charge on any atom is -0.327 e. The molecular formula is C6H12IN. The molecule has 3 atom stereocenters. The van der Waals surface area contributed by atoms with Crippen molar-refractivity contribution in [2.45, 2.75) is 19.4 Å². The van der Waals surface area contributed by atoms with Gasteiger partial charge in [0.15, 0.2) is 0 Å². The van der Waals surface area contributed by atoms with Gasteiger partial charge in [-0.2, -0.15) is 0 Å². The van der Waals surface area contributed by atoms with Crippen LogP contribution in [0.3, 0.4) is 0 Å². The lowest BCUT2D eigenvalue weighted by molar-refractivity contribution is 0.725. The Hall–Kier alpha value is 0.690. The average Bonchev–Trinajstić information content (AvgIpc) is 2.40. The zero-order valence-corrected chi connectivity index (χ0v) is 7.26. The van der Waals surface area contributed by atoms with Gasteiger partial charge in [-0.1, -0.05) is 35.9 Å². The molecule has 0 heterocycles. The predicted molar refractivity (Wildman–Crippen MR) is 44.1 cm³/mol. The van der Waals surface area contributed by atoms with Crippen LogP contribution in [0.25, 0.3) is 0 Å². The van der Waals surface area contributed by atoms with E-state index in [2.05, 4.69) is 29.5 Å². The SMILES string of the molecule is CCC1C(N)C1CI.